The molecule has 7 nitrogen and oxygen atoms in total. The van der Waals surface area contributed by atoms with Crippen LogP contribution < -0.4 is 14.8 Å². The Morgan fingerprint density at radius 1 is 1.11 bits per heavy atom. The molecule has 0 saturated heterocycles. The van der Waals surface area contributed by atoms with Crippen LogP contribution in [-0.2, 0) is 0 Å². The molecule has 0 unspecified atom stereocenters. The van der Waals surface area contributed by atoms with E-state index in [0.29, 0.717) is 11.8 Å². The van der Waals surface area contributed by atoms with Crippen molar-refractivity contribution in [1.82, 2.24) is 14.6 Å². The van der Waals surface area contributed by atoms with Gasteiger partial charge >= 0.3 is 0 Å². The first kappa shape index (κ1) is 18.6. The molecule has 1 aliphatic rings. The van der Waals surface area contributed by atoms with Gasteiger partial charge < -0.3 is 19.9 Å². The molecule has 0 atom stereocenters. The van der Waals surface area contributed by atoms with Crippen LogP contribution in [0.3, 0.4) is 0 Å². The molecule has 0 amide bonds. The van der Waals surface area contributed by atoms with Crippen molar-refractivity contribution < 1.29 is 14.6 Å². The van der Waals surface area contributed by atoms with E-state index in [9.17, 15) is 5.11 Å². The number of methoxy groups -OCH3 is 2. The van der Waals surface area contributed by atoms with E-state index in [0.717, 1.165) is 59.7 Å². The molecule has 4 rings (SSSR count). The number of ether oxygens (including phenoxy) is 2. The van der Waals surface area contributed by atoms with Gasteiger partial charge in [-0.1, -0.05) is 0 Å². The highest BCUT2D eigenvalue weighted by Crippen LogP contribution is 2.36. The molecule has 1 aliphatic carbocycles. The Hall–Kier alpha value is -2.80. The van der Waals surface area contributed by atoms with Gasteiger partial charge in [0.25, 0.3) is 0 Å². The Labute approximate surface area is 164 Å². The van der Waals surface area contributed by atoms with Crippen molar-refractivity contribution in [3.05, 3.63) is 36.0 Å². The predicted octanol–water partition coefficient (Wildman–Crippen LogP) is 3.44. The van der Waals surface area contributed by atoms with Crippen LogP contribution >= 0.6 is 0 Å². The molecule has 3 aromatic rings. The van der Waals surface area contributed by atoms with Gasteiger partial charge in [-0.15, -0.1) is 5.10 Å². The second-order valence-electron chi connectivity index (χ2n) is 7.31. The van der Waals surface area contributed by atoms with Gasteiger partial charge in [0.2, 0.25) is 0 Å². The number of nitrogens with zero attached hydrogens (tertiary/aromatic N) is 3. The van der Waals surface area contributed by atoms with Gasteiger partial charge in [-0.05, 0) is 62.4 Å². The Kier molecular flexibility index (Phi) is 5.09. The number of nitrogens with one attached hydrogen (secondary N) is 1. The van der Waals surface area contributed by atoms with Gasteiger partial charge in [0.15, 0.2) is 17.1 Å². The number of aliphatic hydroxyl groups excluding tert-OH is 1. The summed E-state index contributed by atoms with van der Waals surface area (Å²) in [7, 11) is 3.28. The Morgan fingerprint density at radius 3 is 2.61 bits per heavy atom. The van der Waals surface area contributed by atoms with Gasteiger partial charge in [-0.3, -0.25) is 0 Å². The van der Waals surface area contributed by atoms with Crippen LogP contribution in [0.25, 0.3) is 16.9 Å². The average molecular weight is 382 g/mol. The minimum Gasteiger partial charge on any atom is -0.493 e. The van der Waals surface area contributed by atoms with E-state index in [4.69, 9.17) is 14.6 Å². The molecule has 2 heterocycles. The van der Waals surface area contributed by atoms with Gasteiger partial charge in [0, 0.05) is 11.6 Å². The summed E-state index contributed by atoms with van der Waals surface area (Å²) < 4.78 is 12.8. The molecule has 0 spiro atoms. The zero-order valence-electron chi connectivity index (χ0n) is 16.5. The van der Waals surface area contributed by atoms with Gasteiger partial charge in [0.1, 0.15) is 5.82 Å². The van der Waals surface area contributed by atoms with Crippen molar-refractivity contribution in [2.45, 2.75) is 44.8 Å². The summed E-state index contributed by atoms with van der Waals surface area (Å²) in [6.45, 7) is 1.99. The van der Waals surface area contributed by atoms with Crippen LogP contribution in [0.2, 0.25) is 0 Å². The van der Waals surface area contributed by atoms with Crippen molar-refractivity contribution in [2.24, 2.45) is 0 Å². The molecule has 1 fully saturated rings. The zero-order valence-corrected chi connectivity index (χ0v) is 16.5. The minimum atomic E-state index is -0.165. The van der Waals surface area contributed by atoms with E-state index in [2.05, 4.69) is 16.4 Å². The largest absolute Gasteiger partial charge is 0.493 e. The lowest BCUT2D eigenvalue weighted by molar-refractivity contribution is 0.126. The van der Waals surface area contributed by atoms with E-state index in [1.165, 1.54) is 0 Å². The molecule has 0 aliphatic heterocycles. The maximum Gasteiger partial charge on any atom is 0.163 e. The van der Waals surface area contributed by atoms with E-state index >= 15 is 0 Å². The fourth-order valence-corrected chi connectivity index (χ4v) is 3.88. The zero-order chi connectivity index (χ0) is 19.7. The highest BCUT2D eigenvalue weighted by molar-refractivity contribution is 5.69. The van der Waals surface area contributed by atoms with Crippen LogP contribution in [0.4, 0.5) is 5.82 Å². The number of imidazole rings is 1. The van der Waals surface area contributed by atoms with E-state index in [-0.39, 0.29) is 6.10 Å². The summed E-state index contributed by atoms with van der Waals surface area (Å²) in [6.07, 6.45) is 5.23. The van der Waals surface area contributed by atoms with Crippen molar-refractivity contribution in [3.8, 4) is 22.8 Å². The Balaban J connectivity index is 1.68. The number of fused-ring (bicyclic) bond motifs is 1. The lowest BCUT2D eigenvalue weighted by atomic mass is 9.93. The summed E-state index contributed by atoms with van der Waals surface area (Å²) in [5.74, 6) is 2.22. The van der Waals surface area contributed by atoms with Crippen molar-refractivity contribution >= 4 is 11.5 Å². The number of rotatable bonds is 5. The molecule has 1 saturated carbocycles. The number of aromatic nitrogens is 3. The predicted molar refractivity (Wildman–Crippen MR) is 108 cm³/mol. The summed E-state index contributed by atoms with van der Waals surface area (Å²) >= 11 is 0. The van der Waals surface area contributed by atoms with E-state index < -0.39 is 0 Å². The minimum absolute atomic E-state index is 0.165. The lowest BCUT2D eigenvalue weighted by Crippen LogP contribution is -2.28. The number of hydrogen-bond acceptors (Lipinski definition) is 6. The SMILES string of the molecule is COc1cc(-c2cnc3ccc(N[C@H]4CC[C@H](O)CC4)nn23)cc(C)c1OC. The highest BCUT2D eigenvalue weighted by atomic mass is 16.5. The van der Waals surface area contributed by atoms with Crippen molar-refractivity contribution in [2.75, 3.05) is 19.5 Å². The van der Waals surface area contributed by atoms with Crippen molar-refractivity contribution in [3.63, 3.8) is 0 Å². The van der Waals surface area contributed by atoms with Crippen LogP contribution in [-0.4, -0.2) is 46.1 Å². The third kappa shape index (κ3) is 3.49. The second kappa shape index (κ2) is 7.67. The van der Waals surface area contributed by atoms with Gasteiger partial charge in [0.05, 0.1) is 32.2 Å². The first-order chi connectivity index (χ1) is 13.6. The molecule has 2 N–H and O–H groups in total. The summed E-state index contributed by atoms with van der Waals surface area (Å²) in [4.78, 5) is 4.49. The number of aryl methyl sites for hydroxylation is 1. The number of aliphatic hydroxyl groups is 1. The maximum atomic E-state index is 9.70. The molecule has 2 aromatic heterocycles. The van der Waals surface area contributed by atoms with E-state index in [1.807, 2.05) is 35.8 Å². The quantitative estimate of drug-likeness (QED) is 0.704. The number of benzene rings is 1. The van der Waals surface area contributed by atoms with Crippen molar-refractivity contribution in [1.29, 1.82) is 0 Å². The fourth-order valence-electron chi connectivity index (χ4n) is 3.88. The standard InChI is InChI=1S/C21H26N4O3/c1-13-10-14(11-18(27-2)21(13)28-3)17-12-22-20-9-8-19(24-25(17)20)23-15-4-6-16(26)7-5-15/h8-12,15-16,26H,4-7H2,1-3H3,(H,23,24)/t15-,16-. The maximum absolute atomic E-state index is 9.70. The Morgan fingerprint density at radius 2 is 1.89 bits per heavy atom. The third-order valence-corrected chi connectivity index (χ3v) is 5.37. The average Bonchev–Trinajstić information content (AvgIpc) is 3.12. The number of anilines is 1. The molecule has 0 radical (unpaired) electrons. The molecule has 1 aromatic carbocycles. The normalized spacial score (nSPS) is 19.6. The molecule has 7 heteroatoms. The third-order valence-electron chi connectivity index (χ3n) is 5.37. The second-order valence-corrected chi connectivity index (χ2v) is 7.31. The fraction of sp³-hybridized carbons (Fsp3) is 0.429. The topological polar surface area (TPSA) is 80.9 Å². The molecular formula is C21H26N4O3. The summed E-state index contributed by atoms with van der Waals surface area (Å²) in [6, 6.07) is 8.25. The smallest absolute Gasteiger partial charge is 0.163 e. The van der Waals surface area contributed by atoms with Crippen LogP contribution in [0, 0.1) is 6.92 Å². The molecular weight excluding hydrogens is 356 g/mol. The van der Waals surface area contributed by atoms with Gasteiger partial charge in [-0.25, -0.2) is 9.50 Å². The summed E-state index contributed by atoms with van der Waals surface area (Å²) in [5.41, 5.74) is 3.63. The molecule has 28 heavy (non-hydrogen) atoms. The Bertz CT molecular complexity index is 977. The van der Waals surface area contributed by atoms with Gasteiger partial charge in [-0.2, -0.15) is 0 Å². The molecule has 0 bridgehead atoms. The monoisotopic (exact) mass is 382 g/mol. The van der Waals surface area contributed by atoms with E-state index in [1.54, 1.807) is 14.2 Å². The lowest BCUT2D eigenvalue weighted by Gasteiger charge is -2.26. The van der Waals surface area contributed by atoms with Crippen LogP contribution in [0.15, 0.2) is 30.5 Å². The molecule has 148 valence electrons. The number of hydrogen-bond donors (Lipinski definition) is 2. The highest BCUT2D eigenvalue weighted by Gasteiger charge is 2.20. The first-order valence-corrected chi connectivity index (χ1v) is 9.61. The first-order valence-electron chi connectivity index (χ1n) is 9.61. The van der Waals surface area contributed by atoms with Crippen LogP contribution in [0.5, 0.6) is 11.5 Å². The summed E-state index contributed by atoms with van der Waals surface area (Å²) in [5, 5.41) is 18.0. The van der Waals surface area contributed by atoms with Crippen LogP contribution in [0.1, 0.15) is 31.2 Å².